The van der Waals surface area contributed by atoms with Crippen LogP contribution >= 0.6 is 61.1 Å². The Balaban J connectivity index is 2.07. The average molecular weight is 587 g/mol. The molecule has 0 saturated carbocycles. The van der Waals surface area contributed by atoms with Crippen LogP contribution < -0.4 is 4.74 Å². The second kappa shape index (κ2) is 8.49. The Labute approximate surface area is 164 Å². The van der Waals surface area contributed by atoms with E-state index in [1.165, 1.54) is 0 Å². The van der Waals surface area contributed by atoms with Crippen molar-refractivity contribution in [3.8, 4) is 5.75 Å². The highest BCUT2D eigenvalue weighted by Gasteiger charge is 2.10. The summed E-state index contributed by atoms with van der Waals surface area (Å²) in [7, 11) is 0. The first kappa shape index (κ1) is 18.0. The lowest BCUT2D eigenvalue weighted by atomic mass is 10.1. The van der Waals surface area contributed by atoms with Crippen molar-refractivity contribution in [3.05, 3.63) is 59.1 Å². The first-order valence-electron chi connectivity index (χ1n) is 6.52. The Kier molecular flexibility index (Phi) is 6.94. The molecule has 1 N–H and O–H groups in total. The number of hydrogen-bond acceptors (Lipinski definition) is 2. The van der Waals surface area contributed by atoms with Gasteiger partial charge in [0.1, 0.15) is 12.4 Å². The maximum atomic E-state index is 10.7. The van der Waals surface area contributed by atoms with E-state index in [1.54, 1.807) is 0 Å². The van der Waals surface area contributed by atoms with Gasteiger partial charge in [0.2, 0.25) is 0 Å². The Morgan fingerprint density at radius 3 is 2.23 bits per heavy atom. The van der Waals surface area contributed by atoms with E-state index in [2.05, 4.69) is 61.1 Å². The molecule has 0 radical (unpaired) electrons. The quantitative estimate of drug-likeness (QED) is 0.470. The van der Waals surface area contributed by atoms with Gasteiger partial charge in [-0.25, -0.2) is 0 Å². The molecule has 2 aromatic carbocycles. The van der Waals surface area contributed by atoms with Crippen LogP contribution in [0.15, 0.2) is 40.9 Å². The summed E-state index contributed by atoms with van der Waals surface area (Å²) in [5.41, 5.74) is 2.12. The number of carbonyl (C=O) groups is 1. The van der Waals surface area contributed by atoms with Crippen LogP contribution in [0.2, 0.25) is 0 Å². The SMILES string of the molecule is O=C(O)CCc1cc(I)c(OCc2ccc(Br)cc2)c(I)c1. The summed E-state index contributed by atoms with van der Waals surface area (Å²) in [5.74, 6) is 0.0729. The minimum atomic E-state index is -0.777. The van der Waals surface area contributed by atoms with Crippen molar-refractivity contribution in [3.63, 3.8) is 0 Å². The number of carboxylic acid groups (broad SMARTS) is 1. The van der Waals surface area contributed by atoms with Crippen LogP contribution in [0.4, 0.5) is 0 Å². The molecule has 2 aromatic rings. The second-order valence-corrected chi connectivity index (χ2v) is 7.94. The smallest absolute Gasteiger partial charge is 0.303 e. The number of halogens is 3. The van der Waals surface area contributed by atoms with Crippen LogP contribution in [0.5, 0.6) is 5.75 Å². The summed E-state index contributed by atoms with van der Waals surface area (Å²) < 4.78 is 8.98. The molecule has 0 saturated heterocycles. The summed E-state index contributed by atoms with van der Waals surface area (Å²) in [6.45, 7) is 0.508. The van der Waals surface area contributed by atoms with Crippen molar-refractivity contribution in [2.75, 3.05) is 0 Å². The van der Waals surface area contributed by atoms with Gasteiger partial charge >= 0.3 is 5.97 Å². The van der Waals surface area contributed by atoms with Gasteiger partial charge < -0.3 is 9.84 Å². The number of aliphatic carboxylic acids is 1. The van der Waals surface area contributed by atoms with E-state index < -0.39 is 5.97 Å². The van der Waals surface area contributed by atoms with Crippen molar-refractivity contribution in [2.45, 2.75) is 19.4 Å². The molecule has 0 bridgehead atoms. The lowest BCUT2D eigenvalue weighted by Crippen LogP contribution is -2.02. The molecule has 3 nitrogen and oxygen atoms in total. The minimum Gasteiger partial charge on any atom is -0.487 e. The van der Waals surface area contributed by atoms with Crippen LogP contribution in [0.25, 0.3) is 0 Å². The fourth-order valence-electron chi connectivity index (χ4n) is 1.88. The topological polar surface area (TPSA) is 46.5 Å². The third kappa shape index (κ3) is 5.38. The second-order valence-electron chi connectivity index (χ2n) is 4.70. The number of hydrogen-bond donors (Lipinski definition) is 1. The summed E-state index contributed by atoms with van der Waals surface area (Å²) in [6.07, 6.45) is 0.680. The minimum absolute atomic E-state index is 0.144. The van der Waals surface area contributed by atoms with Crippen molar-refractivity contribution in [2.24, 2.45) is 0 Å². The lowest BCUT2D eigenvalue weighted by molar-refractivity contribution is -0.136. The molecular weight excluding hydrogens is 574 g/mol. The zero-order valence-electron chi connectivity index (χ0n) is 11.5. The van der Waals surface area contributed by atoms with Crippen molar-refractivity contribution in [1.29, 1.82) is 0 Å². The average Bonchev–Trinajstić information content (AvgIpc) is 2.46. The van der Waals surface area contributed by atoms with Gasteiger partial charge in [-0.1, -0.05) is 28.1 Å². The van der Waals surface area contributed by atoms with Gasteiger partial charge in [0.05, 0.1) is 7.14 Å². The van der Waals surface area contributed by atoms with Gasteiger partial charge in [0, 0.05) is 10.9 Å². The molecule has 0 aliphatic rings. The third-order valence-corrected chi connectivity index (χ3v) is 5.11. The summed E-state index contributed by atoms with van der Waals surface area (Å²) in [5, 5.41) is 8.77. The Morgan fingerprint density at radius 2 is 1.68 bits per heavy atom. The van der Waals surface area contributed by atoms with E-state index in [-0.39, 0.29) is 6.42 Å². The molecule has 22 heavy (non-hydrogen) atoms. The van der Waals surface area contributed by atoms with Crippen molar-refractivity contribution >= 4 is 67.1 Å². The number of benzene rings is 2. The van der Waals surface area contributed by atoms with Gasteiger partial charge in [-0.15, -0.1) is 0 Å². The van der Waals surface area contributed by atoms with Crippen LogP contribution in [-0.2, 0) is 17.8 Å². The summed E-state index contributed by atoms with van der Waals surface area (Å²) in [4.78, 5) is 10.7. The molecule has 0 aliphatic heterocycles. The van der Waals surface area contributed by atoms with Gasteiger partial charge in [-0.05, 0) is 87.0 Å². The number of aryl methyl sites for hydroxylation is 1. The Bertz CT molecular complexity index is 649. The maximum Gasteiger partial charge on any atom is 0.303 e. The highest BCUT2D eigenvalue weighted by atomic mass is 127. The van der Waals surface area contributed by atoms with E-state index in [1.807, 2.05) is 36.4 Å². The monoisotopic (exact) mass is 586 g/mol. The van der Waals surface area contributed by atoms with E-state index >= 15 is 0 Å². The molecule has 0 fully saturated rings. The first-order chi connectivity index (χ1) is 10.5. The predicted octanol–water partition coefficient (Wildman–Crippen LogP) is 5.25. The number of rotatable bonds is 6. The molecule has 0 spiro atoms. The molecule has 0 amide bonds. The van der Waals surface area contributed by atoms with Crippen molar-refractivity contribution < 1.29 is 14.6 Å². The van der Waals surface area contributed by atoms with Crippen molar-refractivity contribution in [1.82, 2.24) is 0 Å². The lowest BCUT2D eigenvalue weighted by Gasteiger charge is -2.12. The van der Waals surface area contributed by atoms with E-state index in [0.717, 1.165) is 28.5 Å². The Hall–Kier alpha value is -0.350. The van der Waals surface area contributed by atoms with E-state index in [0.29, 0.717) is 13.0 Å². The molecule has 0 atom stereocenters. The van der Waals surface area contributed by atoms with E-state index in [4.69, 9.17) is 9.84 Å². The van der Waals surface area contributed by atoms with Crippen LogP contribution in [0.3, 0.4) is 0 Å². The fourth-order valence-corrected chi connectivity index (χ4v) is 4.35. The molecule has 0 heterocycles. The number of ether oxygens (including phenoxy) is 1. The van der Waals surface area contributed by atoms with Gasteiger partial charge in [-0.2, -0.15) is 0 Å². The standard InChI is InChI=1S/C16H13BrI2O3/c17-12-4-1-10(2-5-12)9-22-16-13(18)7-11(8-14(16)19)3-6-15(20)21/h1-2,4-5,7-8H,3,6,9H2,(H,20,21). The zero-order chi connectivity index (χ0) is 16.1. The molecule has 116 valence electrons. The first-order valence-corrected chi connectivity index (χ1v) is 9.47. The largest absolute Gasteiger partial charge is 0.487 e. The molecule has 0 aromatic heterocycles. The van der Waals surface area contributed by atoms with Crippen LogP contribution in [0, 0.1) is 7.14 Å². The summed E-state index contributed by atoms with van der Waals surface area (Å²) >= 11 is 7.88. The normalized spacial score (nSPS) is 10.5. The maximum absolute atomic E-state index is 10.7. The highest BCUT2D eigenvalue weighted by molar-refractivity contribution is 14.1. The van der Waals surface area contributed by atoms with Gasteiger partial charge in [-0.3, -0.25) is 4.79 Å². The fraction of sp³-hybridized carbons (Fsp3) is 0.188. The van der Waals surface area contributed by atoms with E-state index in [9.17, 15) is 4.79 Å². The third-order valence-electron chi connectivity index (χ3n) is 2.98. The molecular formula is C16H13BrI2O3. The predicted molar refractivity (Wildman–Crippen MR) is 106 cm³/mol. The zero-order valence-corrected chi connectivity index (χ0v) is 17.4. The number of carboxylic acids is 1. The molecule has 6 heteroatoms. The highest BCUT2D eigenvalue weighted by Crippen LogP contribution is 2.30. The van der Waals surface area contributed by atoms with Gasteiger partial charge in [0.25, 0.3) is 0 Å². The molecule has 0 unspecified atom stereocenters. The molecule has 2 rings (SSSR count). The Morgan fingerprint density at radius 1 is 1.09 bits per heavy atom. The summed E-state index contributed by atoms with van der Waals surface area (Å²) in [6, 6.07) is 12.0. The van der Waals surface area contributed by atoms with Crippen LogP contribution in [-0.4, -0.2) is 11.1 Å². The molecule has 0 aliphatic carbocycles. The van der Waals surface area contributed by atoms with Crippen LogP contribution in [0.1, 0.15) is 17.5 Å². The van der Waals surface area contributed by atoms with Gasteiger partial charge in [0.15, 0.2) is 0 Å².